The fraction of sp³-hybridized carbons (Fsp3) is 0.412. The lowest BCUT2D eigenvalue weighted by molar-refractivity contribution is 0.102. The highest BCUT2D eigenvalue weighted by atomic mass is 35.5. The minimum atomic E-state index is -2.83. The normalized spacial score (nSPS) is 19.0. The highest BCUT2D eigenvalue weighted by Crippen LogP contribution is 2.26. The van der Waals surface area contributed by atoms with Gasteiger partial charge in [-0.05, 0) is 6.07 Å². The second-order valence-corrected chi connectivity index (χ2v) is 6.83. The zero-order valence-corrected chi connectivity index (χ0v) is 16.7. The van der Waals surface area contributed by atoms with Crippen LogP contribution in [0.3, 0.4) is 0 Å². The first kappa shape index (κ1) is 21.8. The molecule has 0 saturated carbocycles. The summed E-state index contributed by atoms with van der Waals surface area (Å²) >= 11 is 0. The van der Waals surface area contributed by atoms with E-state index in [4.69, 9.17) is 0 Å². The van der Waals surface area contributed by atoms with Gasteiger partial charge in [-0.3, -0.25) is 9.48 Å². The first-order valence-corrected chi connectivity index (χ1v) is 8.99. The number of alkyl halides is 3. The van der Waals surface area contributed by atoms with Gasteiger partial charge in [-0.1, -0.05) is 0 Å². The van der Waals surface area contributed by atoms with Crippen LogP contribution in [0.25, 0.3) is 5.65 Å². The smallest absolute Gasteiger partial charge is 0.284 e. The average molecular weight is 445 g/mol. The second kappa shape index (κ2) is 8.88. The molecule has 1 aliphatic rings. The Kier molecular flexibility index (Phi) is 6.46. The molecule has 1 fully saturated rings. The molecule has 3 aromatic heterocycles. The van der Waals surface area contributed by atoms with Gasteiger partial charge < -0.3 is 16.0 Å². The molecule has 9 nitrogen and oxygen atoms in total. The number of aryl methyl sites for hydroxylation is 1. The number of piperidine rings is 1. The second-order valence-electron chi connectivity index (χ2n) is 6.83. The summed E-state index contributed by atoms with van der Waals surface area (Å²) in [5, 5.41) is 16.3. The molecule has 4 rings (SSSR count). The van der Waals surface area contributed by atoms with Crippen LogP contribution in [0.5, 0.6) is 0 Å². The zero-order valence-electron chi connectivity index (χ0n) is 15.8. The average Bonchev–Trinajstić information content (AvgIpc) is 3.24. The predicted molar refractivity (Wildman–Crippen MR) is 106 cm³/mol. The third-order valence-corrected chi connectivity index (χ3v) is 4.57. The van der Waals surface area contributed by atoms with Crippen molar-refractivity contribution in [1.29, 1.82) is 0 Å². The Morgan fingerprint density at radius 1 is 1.37 bits per heavy atom. The van der Waals surface area contributed by atoms with Gasteiger partial charge >= 0.3 is 0 Å². The maximum atomic E-state index is 13.6. The van der Waals surface area contributed by atoms with Crippen molar-refractivity contribution in [2.75, 3.05) is 23.7 Å². The molecule has 3 aromatic rings. The number of aromatic nitrogens is 5. The molecular formula is C17H20ClF3N8O. The molecule has 0 radical (unpaired) electrons. The molecule has 2 atom stereocenters. The number of hydrogen-bond donors (Lipinski definition) is 3. The standard InChI is InChI=1S/C17H19F3N8O.ClH/c1-27-8-12(14(26-27)15(19)20)24-17(29)11-7-22-28-3-2-13(25-16(11)28)23-10-4-9(18)5-21-6-10;/h2-3,7-10,15,21H,4-6H2,1H3,(H,23,25)(H,24,29);1H/t9-,10+;/m0./s1. The number of fused-ring (bicyclic) bond motifs is 1. The minimum Gasteiger partial charge on any atom is -0.366 e. The highest BCUT2D eigenvalue weighted by Gasteiger charge is 2.23. The van der Waals surface area contributed by atoms with Crippen LogP contribution < -0.4 is 16.0 Å². The van der Waals surface area contributed by atoms with Gasteiger partial charge in [-0.15, -0.1) is 12.4 Å². The summed E-state index contributed by atoms with van der Waals surface area (Å²) < 4.78 is 42.3. The Morgan fingerprint density at radius 2 is 2.17 bits per heavy atom. The van der Waals surface area contributed by atoms with Crippen LogP contribution >= 0.6 is 12.4 Å². The summed E-state index contributed by atoms with van der Waals surface area (Å²) in [6.45, 7) is 0.920. The van der Waals surface area contributed by atoms with E-state index >= 15 is 0 Å². The van der Waals surface area contributed by atoms with E-state index < -0.39 is 24.2 Å². The van der Waals surface area contributed by atoms with E-state index in [-0.39, 0.29) is 35.3 Å². The summed E-state index contributed by atoms with van der Waals surface area (Å²) in [6.07, 6.45) is 0.801. The van der Waals surface area contributed by atoms with Crippen LogP contribution in [0.1, 0.15) is 28.9 Å². The molecule has 1 saturated heterocycles. The molecule has 162 valence electrons. The van der Waals surface area contributed by atoms with Crippen LogP contribution in [0.2, 0.25) is 0 Å². The fourth-order valence-corrected chi connectivity index (χ4v) is 3.27. The van der Waals surface area contributed by atoms with Gasteiger partial charge in [0.15, 0.2) is 11.3 Å². The number of anilines is 2. The lowest BCUT2D eigenvalue weighted by Gasteiger charge is -2.26. The SMILES string of the molecule is Cl.Cn1cc(NC(=O)c2cnn3ccc(N[C@H]4CNC[C@@H](F)C4)nc23)c(C(F)F)n1. The Bertz CT molecular complexity index is 1040. The van der Waals surface area contributed by atoms with Gasteiger partial charge in [0.05, 0.1) is 11.9 Å². The maximum absolute atomic E-state index is 13.6. The monoisotopic (exact) mass is 444 g/mol. The Morgan fingerprint density at radius 3 is 2.90 bits per heavy atom. The van der Waals surface area contributed by atoms with Crippen LogP contribution in [-0.2, 0) is 7.05 Å². The summed E-state index contributed by atoms with van der Waals surface area (Å²) in [6, 6.07) is 1.53. The number of hydrogen-bond acceptors (Lipinski definition) is 6. The van der Waals surface area contributed by atoms with E-state index in [0.717, 1.165) is 0 Å². The Balaban J connectivity index is 0.00000256. The molecule has 4 heterocycles. The van der Waals surface area contributed by atoms with Crippen LogP contribution in [0, 0.1) is 0 Å². The van der Waals surface area contributed by atoms with Crippen molar-refractivity contribution in [3.8, 4) is 0 Å². The van der Waals surface area contributed by atoms with Crippen LogP contribution in [-0.4, -0.2) is 55.6 Å². The number of nitrogens with zero attached hydrogens (tertiary/aromatic N) is 5. The van der Waals surface area contributed by atoms with Crippen LogP contribution in [0.4, 0.5) is 24.7 Å². The van der Waals surface area contributed by atoms with E-state index in [0.29, 0.717) is 25.3 Å². The number of carbonyl (C=O) groups is 1. The first-order chi connectivity index (χ1) is 13.9. The molecule has 1 aliphatic heterocycles. The lowest BCUT2D eigenvalue weighted by Crippen LogP contribution is -2.44. The summed E-state index contributed by atoms with van der Waals surface area (Å²) in [5.74, 6) is -0.176. The first-order valence-electron chi connectivity index (χ1n) is 8.99. The molecule has 3 N–H and O–H groups in total. The number of rotatable bonds is 5. The molecule has 0 aliphatic carbocycles. The van der Waals surface area contributed by atoms with E-state index in [1.54, 1.807) is 12.3 Å². The molecule has 0 spiro atoms. The van der Waals surface area contributed by atoms with Gasteiger partial charge in [0.2, 0.25) is 0 Å². The maximum Gasteiger partial charge on any atom is 0.284 e. The van der Waals surface area contributed by atoms with E-state index in [2.05, 4.69) is 31.1 Å². The minimum absolute atomic E-state index is 0. The third kappa shape index (κ3) is 4.49. The molecule has 1 amide bonds. The number of nitrogens with one attached hydrogen (secondary N) is 3. The number of carbonyl (C=O) groups excluding carboxylic acids is 1. The van der Waals surface area contributed by atoms with Crippen molar-refractivity contribution in [2.45, 2.75) is 25.1 Å². The van der Waals surface area contributed by atoms with Gasteiger partial charge in [0, 0.05) is 45.0 Å². The molecular weight excluding hydrogens is 425 g/mol. The van der Waals surface area contributed by atoms with E-state index in [1.807, 2.05) is 0 Å². The summed E-state index contributed by atoms with van der Waals surface area (Å²) in [5.41, 5.74) is -0.236. The quantitative estimate of drug-likeness (QED) is 0.557. The van der Waals surface area contributed by atoms with Crippen molar-refractivity contribution in [3.63, 3.8) is 0 Å². The number of amides is 1. The number of halogens is 4. The van der Waals surface area contributed by atoms with Crippen LogP contribution in [0.15, 0.2) is 24.7 Å². The van der Waals surface area contributed by atoms with Gasteiger partial charge in [0.1, 0.15) is 17.6 Å². The molecule has 0 aromatic carbocycles. The van der Waals surface area contributed by atoms with Crippen molar-refractivity contribution < 1.29 is 18.0 Å². The predicted octanol–water partition coefficient (Wildman–Crippen LogP) is 2.19. The van der Waals surface area contributed by atoms with Crippen molar-refractivity contribution in [1.82, 2.24) is 29.7 Å². The lowest BCUT2D eigenvalue weighted by atomic mass is 10.1. The highest BCUT2D eigenvalue weighted by molar-refractivity contribution is 6.08. The van der Waals surface area contributed by atoms with Crippen molar-refractivity contribution in [2.24, 2.45) is 7.05 Å². The van der Waals surface area contributed by atoms with Crippen molar-refractivity contribution in [3.05, 3.63) is 35.9 Å². The largest absolute Gasteiger partial charge is 0.366 e. The summed E-state index contributed by atoms with van der Waals surface area (Å²) in [4.78, 5) is 17.0. The van der Waals surface area contributed by atoms with Gasteiger partial charge in [-0.25, -0.2) is 22.7 Å². The summed E-state index contributed by atoms with van der Waals surface area (Å²) in [7, 11) is 1.48. The molecule has 13 heteroatoms. The van der Waals surface area contributed by atoms with Crippen molar-refractivity contribution >= 4 is 35.5 Å². The molecule has 30 heavy (non-hydrogen) atoms. The topological polar surface area (TPSA) is 101 Å². The Labute approximate surface area is 175 Å². The van der Waals surface area contributed by atoms with Gasteiger partial charge in [-0.2, -0.15) is 10.2 Å². The van der Waals surface area contributed by atoms with Gasteiger partial charge in [0.25, 0.3) is 12.3 Å². The molecule has 0 unspecified atom stereocenters. The Hall–Kier alpha value is -2.86. The molecule has 0 bridgehead atoms. The third-order valence-electron chi connectivity index (χ3n) is 4.57. The van der Waals surface area contributed by atoms with E-state index in [1.165, 1.54) is 28.6 Å². The zero-order chi connectivity index (χ0) is 20.5. The fourth-order valence-electron chi connectivity index (χ4n) is 3.27. The van der Waals surface area contributed by atoms with E-state index in [9.17, 15) is 18.0 Å².